The molecule has 2 aromatic carbocycles. The number of benzene rings is 2. The Morgan fingerprint density at radius 2 is 0.966 bits per heavy atom. The van der Waals surface area contributed by atoms with E-state index < -0.39 is 0 Å². The van der Waals surface area contributed by atoms with Crippen molar-refractivity contribution >= 4 is 92.1 Å². The number of hydrogen-bond acceptors (Lipinski definition) is 4. The molecule has 0 atom stereocenters. The molecule has 4 nitrogen and oxygen atoms in total. The number of halogens is 6. The number of fused-ring (bicyclic) bond motifs is 2. The third-order valence-corrected chi connectivity index (χ3v) is 4.69. The molecule has 148 valence electrons. The van der Waals surface area contributed by atoms with Gasteiger partial charge < -0.3 is 35.0 Å². The van der Waals surface area contributed by atoms with Gasteiger partial charge in [-0.2, -0.15) is 0 Å². The zero-order chi connectivity index (χ0) is 18.8. The molecule has 2 heterocycles. The molecule has 4 rings (SSSR count). The molecule has 0 unspecified atom stereocenters. The molecule has 29 heavy (non-hydrogen) atoms. The van der Waals surface area contributed by atoms with Crippen LogP contribution in [0, 0.1) is 0 Å². The summed E-state index contributed by atoms with van der Waals surface area (Å²) in [7, 11) is 0. The second-order valence-corrected chi connectivity index (χ2v) is 6.77. The summed E-state index contributed by atoms with van der Waals surface area (Å²) in [6.07, 6.45) is 3.08. The molecule has 0 saturated carbocycles. The summed E-state index contributed by atoms with van der Waals surface area (Å²) in [6.45, 7) is 0. The molecule has 11 heteroatoms. The van der Waals surface area contributed by atoms with Crippen LogP contribution in [0.25, 0.3) is 21.8 Å². The minimum Gasteiger partial charge on any atom is -1.00 e. The molecule has 0 radical (unpaired) electrons. The fourth-order valence-corrected chi connectivity index (χ4v) is 3.33. The molecule has 0 bridgehead atoms. The number of pyridine rings is 2. The first-order valence-corrected chi connectivity index (χ1v) is 8.71. The first-order valence-electron chi connectivity index (χ1n) is 7.19. The van der Waals surface area contributed by atoms with Crippen LogP contribution in [0.1, 0.15) is 0 Å². The number of hydrogen-bond donors (Lipinski definition) is 0. The van der Waals surface area contributed by atoms with Crippen molar-refractivity contribution in [1.29, 1.82) is 0 Å². The van der Waals surface area contributed by atoms with Crippen LogP contribution in [0.4, 0.5) is 0 Å². The second kappa shape index (κ2) is 12.3. The van der Waals surface area contributed by atoms with Crippen molar-refractivity contribution < 1.29 is 35.0 Å². The van der Waals surface area contributed by atoms with Crippen molar-refractivity contribution in [2.75, 3.05) is 0 Å². The summed E-state index contributed by atoms with van der Waals surface area (Å²) in [6, 6.07) is 9.80. The summed E-state index contributed by atoms with van der Waals surface area (Å²) >= 11 is 23.1. The molecule has 0 amide bonds. The average molecular weight is 616 g/mol. The van der Waals surface area contributed by atoms with E-state index in [1.807, 2.05) is 0 Å². The maximum Gasteiger partial charge on any atom is 4.00 e. The van der Waals surface area contributed by atoms with E-state index in [1.54, 1.807) is 24.3 Å². The van der Waals surface area contributed by atoms with E-state index in [0.717, 1.165) is 0 Å². The fraction of sp³-hybridized carbons (Fsp3) is 0. The summed E-state index contributed by atoms with van der Waals surface area (Å²) < 4.78 is 0. The van der Waals surface area contributed by atoms with E-state index in [0.29, 0.717) is 31.9 Å². The van der Waals surface area contributed by atoms with Crippen molar-refractivity contribution in [3.05, 3.63) is 68.9 Å². The van der Waals surface area contributed by atoms with E-state index in [-0.39, 0.29) is 70.3 Å². The average Bonchev–Trinajstić information content (AvgIpc) is 2.65. The standard InChI is InChI=1S/2C9H5Cl2NO.2ClH.Sn/c2*10-6-4-7(11)9(13)8-5(6)2-1-3-12-8;;;/h2*1-4,13H;2*1H;/q;;;;+4/p-4. The largest absolute Gasteiger partial charge is 4.00 e. The van der Waals surface area contributed by atoms with Crippen LogP contribution >= 0.6 is 46.4 Å². The summed E-state index contributed by atoms with van der Waals surface area (Å²) in [5, 5.41) is 25.2. The zero-order valence-electron chi connectivity index (χ0n) is 14.1. The zero-order valence-corrected chi connectivity index (χ0v) is 21.5. The molecule has 0 saturated heterocycles. The predicted molar refractivity (Wildman–Crippen MR) is 108 cm³/mol. The Balaban J connectivity index is 0.000000490. The third kappa shape index (κ3) is 6.20. The normalized spacial score (nSPS) is 9.52. The summed E-state index contributed by atoms with van der Waals surface area (Å²) in [4.78, 5) is 7.84. The third-order valence-electron chi connectivity index (χ3n) is 3.50. The van der Waals surface area contributed by atoms with Gasteiger partial charge >= 0.3 is 23.9 Å². The molecule has 4 aromatic rings. The predicted octanol–water partition coefficient (Wildman–Crippen LogP) is -1.14. The second-order valence-electron chi connectivity index (χ2n) is 5.14. The van der Waals surface area contributed by atoms with Crippen molar-refractivity contribution in [3.8, 4) is 11.5 Å². The topological polar surface area (TPSA) is 71.9 Å². The van der Waals surface area contributed by atoms with E-state index in [1.165, 1.54) is 24.5 Å². The van der Waals surface area contributed by atoms with Crippen LogP contribution in [-0.4, -0.2) is 33.9 Å². The van der Waals surface area contributed by atoms with E-state index >= 15 is 0 Å². The van der Waals surface area contributed by atoms with Crippen LogP contribution in [0.3, 0.4) is 0 Å². The van der Waals surface area contributed by atoms with Gasteiger partial charge in [0.25, 0.3) is 0 Å². The maximum absolute atomic E-state index is 11.4. The molecule has 0 spiro atoms. The number of aromatic nitrogens is 2. The Labute approximate surface area is 215 Å². The van der Waals surface area contributed by atoms with Gasteiger partial charge in [0.1, 0.15) is 0 Å². The summed E-state index contributed by atoms with van der Waals surface area (Å²) in [5.41, 5.74) is 0.639. The molecule has 2 aromatic heterocycles. The van der Waals surface area contributed by atoms with Gasteiger partial charge in [-0.05, 0) is 36.4 Å². The van der Waals surface area contributed by atoms with Crippen LogP contribution in [0.2, 0.25) is 20.1 Å². The molecule has 0 fully saturated rings. The van der Waals surface area contributed by atoms with Gasteiger partial charge in [0.05, 0.1) is 21.1 Å². The van der Waals surface area contributed by atoms with Crippen LogP contribution in [-0.2, 0) is 0 Å². The van der Waals surface area contributed by atoms with Crippen molar-refractivity contribution in [2.24, 2.45) is 0 Å². The van der Waals surface area contributed by atoms with E-state index in [9.17, 15) is 10.2 Å². The van der Waals surface area contributed by atoms with Gasteiger partial charge in [-0.1, -0.05) is 57.9 Å². The Hall–Kier alpha value is -0.601. The molecule has 0 aliphatic carbocycles. The number of rotatable bonds is 0. The molecule has 0 N–H and O–H groups in total. The number of nitrogens with zero attached hydrogens (tertiary/aromatic N) is 2. The molecular formula is C18H8Cl6N2O2Sn. The monoisotopic (exact) mass is 614 g/mol. The van der Waals surface area contributed by atoms with Crippen molar-refractivity contribution in [2.45, 2.75) is 0 Å². The smallest absolute Gasteiger partial charge is 1.00 e. The Morgan fingerprint density at radius 1 is 0.621 bits per heavy atom. The maximum atomic E-state index is 11.4. The Morgan fingerprint density at radius 3 is 1.31 bits per heavy atom. The quantitative estimate of drug-likeness (QED) is 0.235. The van der Waals surface area contributed by atoms with Gasteiger partial charge in [0.2, 0.25) is 0 Å². The van der Waals surface area contributed by atoms with Crippen molar-refractivity contribution in [3.63, 3.8) is 0 Å². The van der Waals surface area contributed by atoms with E-state index in [4.69, 9.17) is 46.4 Å². The molecule has 0 aliphatic rings. The van der Waals surface area contributed by atoms with Gasteiger partial charge in [-0.15, -0.1) is 0 Å². The van der Waals surface area contributed by atoms with Gasteiger partial charge in [-0.25, -0.2) is 0 Å². The molecular weight excluding hydrogens is 608 g/mol. The van der Waals surface area contributed by atoms with Crippen LogP contribution in [0.5, 0.6) is 11.5 Å². The van der Waals surface area contributed by atoms with Crippen molar-refractivity contribution in [1.82, 2.24) is 9.97 Å². The summed E-state index contributed by atoms with van der Waals surface area (Å²) in [5.74, 6) is -0.552. The van der Waals surface area contributed by atoms with Crippen LogP contribution in [0.15, 0.2) is 48.8 Å². The Kier molecular flexibility index (Phi) is 12.0. The fourth-order valence-electron chi connectivity index (χ4n) is 2.29. The minimum atomic E-state index is -0.276. The SMILES string of the molecule is [Cl-].[Cl-].[O-]c1c(Cl)cc(Cl)c2cccnc12.[O-]c1c(Cl)cc(Cl)c2cccnc12.[Sn+4]. The van der Waals surface area contributed by atoms with E-state index in [2.05, 4.69) is 9.97 Å². The first-order chi connectivity index (χ1) is 12.4. The van der Waals surface area contributed by atoms with Gasteiger partial charge in [0, 0.05) is 33.2 Å². The Bertz CT molecular complexity index is 1040. The van der Waals surface area contributed by atoms with Gasteiger partial charge in [0.15, 0.2) is 0 Å². The minimum absolute atomic E-state index is 0. The van der Waals surface area contributed by atoms with Gasteiger partial charge in [-0.3, -0.25) is 9.97 Å². The van der Waals surface area contributed by atoms with Crippen LogP contribution < -0.4 is 35.0 Å². The molecule has 0 aliphatic heterocycles. The first kappa shape index (κ1) is 28.4.